The number of nitrogen functional groups attached to an aromatic ring is 1. The van der Waals surface area contributed by atoms with E-state index in [1.807, 2.05) is 7.05 Å². The highest BCUT2D eigenvalue weighted by Crippen LogP contribution is 2.07. The van der Waals surface area contributed by atoms with Gasteiger partial charge in [0.2, 0.25) is 0 Å². The molecule has 2 N–H and O–H groups in total. The van der Waals surface area contributed by atoms with E-state index in [0.717, 1.165) is 13.1 Å². The van der Waals surface area contributed by atoms with Crippen molar-refractivity contribution in [2.24, 2.45) is 0 Å². The second-order valence-electron chi connectivity index (χ2n) is 4.88. The Morgan fingerprint density at radius 2 is 1.75 bits per heavy atom. The van der Waals surface area contributed by atoms with Crippen LogP contribution in [0.3, 0.4) is 0 Å². The molecule has 0 bridgehead atoms. The topological polar surface area (TPSA) is 75.9 Å². The lowest BCUT2D eigenvalue weighted by atomic mass is 10.2. The van der Waals surface area contributed by atoms with Crippen molar-refractivity contribution in [2.45, 2.75) is 0 Å². The molecular weight excluding hydrogens is 258 g/mol. The van der Waals surface area contributed by atoms with Crippen molar-refractivity contribution in [1.82, 2.24) is 9.80 Å². The van der Waals surface area contributed by atoms with Crippen molar-refractivity contribution in [2.75, 3.05) is 45.6 Å². The molecule has 1 heterocycles. The zero-order valence-electron chi connectivity index (χ0n) is 11.5. The van der Waals surface area contributed by atoms with Gasteiger partial charge in [0, 0.05) is 31.9 Å². The number of rotatable bonds is 3. The Bertz CT molecular complexity index is 479. The summed E-state index contributed by atoms with van der Waals surface area (Å²) in [6.07, 6.45) is 0. The third-order valence-corrected chi connectivity index (χ3v) is 3.33. The Morgan fingerprint density at radius 1 is 1.15 bits per heavy atom. The smallest absolute Gasteiger partial charge is 0.338 e. The van der Waals surface area contributed by atoms with E-state index in [1.165, 1.54) is 0 Å². The van der Waals surface area contributed by atoms with Crippen molar-refractivity contribution in [3.8, 4) is 0 Å². The maximum Gasteiger partial charge on any atom is 0.338 e. The van der Waals surface area contributed by atoms with E-state index in [4.69, 9.17) is 10.5 Å². The summed E-state index contributed by atoms with van der Waals surface area (Å²) < 4.78 is 5.03. The van der Waals surface area contributed by atoms with Gasteiger partial charge < -0.3 is 20.3 Å². The number of carbonyl (C=O) groups is 2. The molecule has 6 heteroatoms. The van der Waals surface area contributed by atoms with Gasteiger partial charge in [-0.25, -0.2) is 4.79 Å². The minimum atomic E-state index is -0.507. The molecule has 108 valence electrons. The molecule has 1 fully saturated rings. The third kappa shape index (κ3) is 3.71. The number of carbonyl (C=O) groups excluding carboxylic acids is 2. The molecule has 0 aromatic heterocycles. The monoisotopic (exact) mass is 277 g/mol. The maximum absolute atomic E-state index is 11.9. The predicted octanol–water partition coefficient (Wildman–Crippen LogP) is 0.200. The molecule has 20 heavy (non-hydrogen) atoms. The maximum atomic E-state index is 11.9. The molecule has 1 aliphatic rings. The molecule has 0 saturated carbocycles. The molecular formula is C14H19N3O3. The second kappa shape index (κ2) is 6.38. The fraction of sp³-hybridized carbons (Fsp3) is 0.429. The SMILES string of the molecule is CN1CCN(C(=O)COC(=O)c2ccc(N)cc2)CC1. The molecule has 1 aromatic rings. The first-order valence-electron chi connectivity index (χ1n) is 6.55. The van der Waals surface area contributed by atoms with Gasteiger partial charge in [0.05, 0.1) is 5.56 Å². The summed E-state index contributed by atoms with van der Waals surface area (Å²) in [6.45, 7) is 2.83. The van der Waals surface area contributed by atoms with Crippen LogP contribution in [0.1, 0.15) is 10.4 Å². The molecule has 0 radical (unpaired) electrons. The standard InChI is InChI=1S/C14H19N3O3/c1-16-6-8-17(9-7-16)13(18)10-20-14(19)11-2-4-12(15)5-3-11/h2-5H,6-10,15H2,1H3. The summed E-state index contributed by atoms with van der Waals surface area (Å²) in [6, 6.07) is 6.41. The molecule has 1 amide bonds. The normalized spacial score (nSPS) is 15.9. The molecule has 0 spiro atoms. The minimum Gasteiger partial charge on any atom is -0.452 e. The summed E-state index contributed by atoms with van der Waals surface area (Å²) in [5.41, 5.74) is 6.51. The van der Waals surface area contributed by atoms with Gasteiger partial charge >= 0.3 is 5.97 Å². The Hall–Kier alpha value is -2.08. The van der Waals surface area contributed by atoms with Gasteiger partial charge in [-0.2, -0.15) is 0 Å². The number of anilines is 1. The van der Waals surface area contributed by atoms with Gasteiger partial charge in [0.1, 0.15) is 0 Å². The molecule has 2 rings (SSSR count). The number of piperazine rings is 1. The molecule has 6 nitrogen and oxygen atoms in total. The fourth-order valence-corrected chi connectivity index (χ4v) is 1.98. The lowest BCUT2D eigenvalue weighted by molar-refractivity contribution is -0.136. The van der Waals surface area contributed by atoms with Crippen LogP contribution in [0, 0.1) is 0 Å². The number of hydrogen-bond acceptors (Lipinski definition) is 5. The number of hydrogen-bond donors (Lipinski definition) is 1. The minimum absolute atomic E-state index is 0.151. The Kier molecular flexibility index (Phi) is 4.57. The van der Waals surface area contributed by atoms with Crippen LogP contribution in [0.15, 0.2) is 24.3 Å². The van der Waals surface area contributed by atoms with Crippen LogP contribution in [0.2, 0.25) is 0 Å². The summed E-state index contributed by atoms with van der Waals surface area (Å²) in [5.74, 6) is -0.658. The molecule has 1 aromatic carbocycles. The van der Waals surface area contributed by atoms with Crippen LogP contribution in [0.4, 0.5) is 5.69 Å². The van der Waals surface area contributed by atoms with Crippen molar-refractivity contribution < 1.29 is 14.3 Å². The van der Waals surface area contributed by atoms with Crippen LogP contribution in [0.5, 0.6) is 0 Å². The highest BCUT2D eigenvalue weighted by molar-refractivity contribution is 5.91. The van der Waals surface area contributed by atoms with Crippen molar-refractivity contribution in [3.63, 3.8) is 0 Å². The van der Waals surface area contributed by atoms with E-state index < -0.39 is 5.97 Å². The zero-order chi connectivity index (χ0) is 14.5. The van der Waals surface area contributed by atoms with Crippen LogP contribution in [-0.4, -0.2) is 61.5 Å². The van der Waals surface area contributed by atoms with Gasteiger partial charge in [-0.1, -0.05) is 0 Å². The highest BCUT2D eigenvalue weighted by Gasteiger charge is 2.20. The van der Waals surface area contributed by atoms with Crippen molar-refractivity contribution in [1.29, 1.82) is 0 Å². The number of nitrogens with two attached hydrogens (primary N) is 1. The molecule has 0 unspecified atom stereocenters. The summed E-state index contributed by atoms with van der Waals surface area (Å²) in [5, 5.41) is 0. The van der Waals surface area contributed by atoms with Gasteiger partial charge in [-0.15, -0.1) is 0 Å². The quantitative estimate of drug-likeness (QED) is 0.631. The van der Waals surface area contributed by atoms with Crippen LogP contribution < -0.4 is 5.73 Å². The number of likely N-dealkylation sites (N-methyl/N-ethyl adjacent to an activating group) is 1. The van der Waals surface area contributed by atoms with Crippen molar-refractivity contribution in [3.05, 3.63) is 29.8 Å². The van der Waals surface area contributed by atoms with Gasteiger partial charge in [0.15, 0.2) is 6.61 Å². The van der Waals surface area contributed by atoms with E-state index in [1.54, 1.807) is 29.2 Å². The number of ether oxygens (including phenoxy) is 1. The Morgan fingerprint density at radius 3 is 2.35 bits per heavy atom. The highest BCUT2D eigenvalue weighted by atomic mass is 16.5. The Labute approximate surface area is 118 Å². The van der Waals surface area contributed by atoms with Gasteiger partial charge in [0.25, 0.3) is 5.91 Å². The van der Waals surface area contributed by atoms with Crippen LogP contribution in [-0.2, 0) is 9.53 Å². The van der Waals surface area contributed by atoms with Gasteiger partial charge in [-0.3, -0.25) is 4.79 Å². The van der Waals surface area contributed by atoms with E-state index in [2.05, 4.69) is 4.90 Å². The lowest BCUT2D eigenvalue weighted by Crippen LogP contribution is -2.48. The fourth-order valence-electron chi connectivity index (χ4n) is 1.98. The van der Waals surface area contributed by atoms with E-state index in [0.29, 0.717) is 24.3 Å². The molecule has 0 atom stereocenters. The summed E-state index contributed by atoms with van der Waals surface area (Å²) in [7, 11) is 2.02. The predicted molar refractivity (Wildman–Crippen MR) is 75.2 cm³/mol. The van der Waals surface area contributed by atoms with Crippen molar-refractivity contribution >= 4 is 17.6 Å². The number of amides is 1. The van der Waals surface area contributed by atoms with E-state index >= 15 is 0 Å². The largest absolute Gasteiger partial charge is 0.452 e. The molecule has 1 aliphatic heterocycles. The molecule has 1 saturated heterocycles. The van der Waals surface area contributed by atoms with Crippen LogP contribution >= 0.6 is 0 Å². The zero-order valence-corrected chi connectivity index (χ0v) is 11.5. The first-order valence-corrected chi connectivity index (χ1v) is 6.55. The first-order chi connectivity index (χ1) is 9.56. The van der Waals surface area contributed by atoms with Crippen LogP contribution in [0.25, 0.3) is 0 Å². The third-order valence-electron chi connectivity index (χ3n) is 3.33. The van der Waals surface area contributed by atoms with E-state index in [-0.39, 0.29) is 12.5 Å². The summed E-state index contributed by atoms with van der Waals surface area (Å²) in [4.78, 5) is 27.5. The number of esters is 1. The van der Waals surface area contributed by atoms with Gasteiger partial charge in [-0.05, 0) is 31.3 Å². The first kappa shape index (κ1) is 14.3. The van der Waals surface area contributed by atoms with E-state index in [9.17, 15) is 9.59 Å². The average molecular weight is 277 g/mol. The lowest BCUT2D eigenvalue weighted by Gasteiger charge is -2.32. The molecule has 0 aliphatic carbocycles. The Balaban J connectivity index is 1.81. The number of benzene rings is 1. The average Bonchev–Trinajstić information content (AvgIpc) is 2.46. The number of nitrogens with zero attached hydrogens (tertiary/aromatic N) is 2. The second-order valence-corrected chi connectivity index (χ2v) is 4.88. The summed E-state index contributed by atoms with van der Waals surface area (Å²) >= 11 is 0.